The minimum Gasteiger partial charge on any atom is -0.325 e. The molecule has 0 bridgehead atoms. The number of hydrogen-bond donors (Lipinski definition) is 1. The molecule has 0 radical (unpaired) electrons. The molecule has 4 nitrogen and oxygen atoms in total. The maximum atomic E-state index is 13.0. The van der Waals surface area contributed by atoms with Crippen molar-refractivity contribution in [1.82, 2.24) is 9.55 Å². The summed E-state index contributed by atoms with van der Waals surface area (Å²) in [5.74, 6) is -0.493. The Kier molecular flexibility index (Phi) is 5.19. The van der Waals surface area contributed by atoms with Crippen molar-refractivity contribution in [2.75, 3.05) is 5.32 Å². The number of para-hydroxylation sites is 2. The van der Waals surface area contributed by atoms with Crippen molar-refractivity contribution in [1.29, 1.82) is 0 Å². The van der Waals surface area contributed by atoms with Crippen LogP contribution in [0.4, 0.5) is 10.1 Å². The van der Waals surface area contributed by atoms with Crippen molar-refractivity contribution >= 4 is 34.4 Å². The van der Waals surface area contributed by atoms with Gasteiger partial charge in [0.2, 0.25) is 5.91 Å². The summed E-state index contributed by atoms with van der Waals surface area (Å²) >= 11 is 1.38. The van der Waals surface area contributed by atoms with Crippen LogP contribution in [0.25, 0.3) is 11.0 Å². The molecule has 1 amide bonds. The van der Waals surface area contributed by atoms with Crippen molar-refractivity contribution in [2.24, 2.45) is 0 Å². The summed E-state index contributed by atoms with van der Waals surface area (Å²) in [5, 5.41) is 3.20. The third-order valence-electron chi connectivity index (χ3n) is 3.69. The highest BCUT2D eigenvalue weighted by Crippen LogP contribution is 2.28. The third kappa shape index (κ3) is 3.91. The maximum absolute atomic E-state index is 13.0. The smallest absolute Gasteiger partial charge is 0.237 e. The van der Waals surface area contributed by atoms with Gasteiger partial charge in [0.15, 0.2) is 5.16 Å². The molecular formula is C19H18FN3OS. The molecule has 0 fully saturated rings. The zero-order valence-corrected chi connectivity index (χ0v) is 14.6. The minimum absolute atomic E-state index is 0.159. The normalized spacial score (nSPS) is 12.1. The van der Waals surface area contributed by atoms with Crippen LogP contribution in [0.5, 0.6) is 0 Å². The lowest BCUT2D eigenvalue weighted by molar-refractivity contribution is -0.115. The fourth-order valence-electron chi connectivity index (χ4n) is 2.44. The van der Waals surface area contributed by atoms with Crippen LogP contribution in [0, 0.1) is 5.82 Å². The number of aromatic nitrogens is 2. The molecule has 0 aliphatic heterocycles. The number of carbonyl (C=O) groups excluding carboxylic acids is 1. The number of hydrogen-bond acceptors (Lipinski definition) is 3. The molecule has 1 atom stereocenters. The van der Waals surface area contributed by atoms with Crippen LogP contribution in [-0.2, 0) is 11.3 Å². The predicted octanol–water partition coefficient (Wildman–Crippen LogP) is 4.48. The lowest BCUT2D eigenvalue weighted by Crippen LogP contribution is -2.22. The van der Waals surface area contributed by atoms with Crippen LogP contribution in [0.3, 0.4) is 0 Å². The number of thioether (sulfide) groups is 1. The standard InChI is InChI=1S/C19H18FN3OS/c1-3-12-23-17-7-5-4-6-16(17)22-19(23)25-13(2)18(24)21-15-10-8-14(20)9-11-15/h3-11,13H,1,12H2,2H3,(H,21,24). The van der Waals surface area contributed by atoms with Crippen molar-refractivity contribution in [3.63, 3.8) is 0 Å². The van der Waals surface area contributed by atoms with E-state index < -0.39 is 0 Å². The molecule has 1 N–H and O–H groups in total. The van der Waals surface area contributed by atoms with Gasteiger partial charge in [-0.2, -0.15) is 0 Å². The van der Waals surface area contributed by atoms with Gasteiger partial charge in [0, 0.05) is 12.2 Å². The van der Waals surface area contributed by atoms with Gasteiger partial charge in [-0.25, -0.2) is 9.37 Å². The summed E-state index contributed by atoms with van der Waals surface area (Å²) in [5.41, 5.74) is 2.47. The van der Waals surface area contributed by atoms with Gasteiger partial charge in [-0.05, 0) is 43.3 Å². The Balaban J connectivity index is 1.77. The summed E-state index contributed by atoms with van der Waals surface area (Å²) in [6, 6.07) is 13.6. The summed E-state index contributed by atoms with van der Waals surface area (Å²) in [6.45, 7) is 6.23. The number of amides is 1. The summed E-state index contributed by atoms with van der Waals surface area (Å²) in [7, 11) is 0. The molecule has 0 aliphatic carbocycles. The molecule has 2 aromatic carbocycles. The quantitative estimate of drug-likeness (QED) is 0.524. The molecule has 0 spiro atoms. The van der Waals surface area contributed by atoms with Gasteiger partial charge in [0.1, 0.15) is 5.82 Å². The number of nitrogens with one attached hydrogen (secondary N) is 1. The number of anilines is 1. The number of nitrogens with zero attached hydrogens (tertiary/aromatic N) is 2. The summed E-state index contributed by atoms with van der Waals surface area (Å²) < 4.78 is 15.0. The largest absolute Gasteiger partial charge is 0.325 e. The third-order valence-corrected chi connectivity index (χ3v) is 4.78. The van der Waals surface area contributed by atoms with Crippen molar-refractivity contribution in [3.05, 3.63) is 67.0 Å². The average Bonchev–Trinajstić information content (AvgIpc) is 2.95. The first-order valence-electron chi connectivity index (χ1n) is 7.87. The first kappa shape index (κ1) is 17.2. The second kappa shape index (κ2) is 7.53. The summed E-state index contributed by atoms with van der Waals surface area (Å²) in [4.78, 5) is 17.0. The number of allylic oxidation sites excluding steroid dienone is 1. The highest BCUT2D eigenvalue weighted by atomic mass is 32.2. The zero-order chi connectivity index (χ0) is 17.8. The number of imidazole rings is 1. The molecule has 3 aromatic rings. The molecular weight excluding hydrogens is 337 g/mol. The fourth-order valence-corrected chi connectivity index (χ4v) is 3.37. The van der Waals surface area contributed by atoms with Crippen LogP contribution < -0.4 is 5.32 Å². The molecule has 6 heteroatoms. The first-order chi connectivity index (χ1) is 12.1. The van der Waals surface area contributed by atoms with E-state index in [0.717, 1.165) is 16.2 Å². The Morgan fingerprint density at radius 1 is 1.32 bits per heavy atom. The lowest BCUT2D eigenvalue weighted by Gasteiger charge is -2.12. The van der Waals surface area contributed by atoms with Crippen molar-refractivity contribution in [3.8, 4) is 0 Å². The van der Waals surface area contributed by atoms with E-state index in [1.54, 1.807) is 6.08 Å². The highest BCUT2D eigenvalue weighted by molar-refractivity contribution is 8.00. The van der Waals surface area contributed by atoms with Crippen LogP contribution in [-0.4, -0.2) is 20.7 Å². The molecule has 1 aromatic heterocycles. The van der Waals surface area contributed by atoms with E-state index in [2.05, 4.69) is 16.9 Å². The van der Waals surface area contributed by atoms with E-state index in [1.807, 2.05) is 35.8 Å². The monoisotopic (exact) mass is 355 g/mol. The van der Waals surface area contributed by atoms with Gasteiger partial charge in [-0.3, -0.25) is 4.79 Å². The van der Waals surface area contributed by atoms with E-state index in [0.29, 0.717) is 12.2 Å². The molecule has 1 heterocycles. The van der Waals surface area contributed by atoms with E-state index in [-0.39, 0.29) is 17.0 Å². The van der Waals surface area contributed by atoms with Gasteiger partial charge in [-0.1, -0.05) is 30.0 Å². The van der Waals surface area contributed by atoms with Crippen molar-refractivity contribution in [2.45, 2.75) is 23.9 Å². The van der Waals surface area contributed by atoms with E-state index >= 15 is 0 Å². The van der Waals surface area contributed by atoms with Crippen LogP contribution >= 0.6 is 11.8 Å². The van der Waals surface area contributed by atoms with Crippen molar-refractivity contribution < 1.29 is 9.18 Å². The molecule has 128 valence electrons. The molecule has 25 heavy (non-hydrogen) atoms. The van der Waals surface area contributed by atoms with Crippen LogP contribution in [0.1, 0.15) is 6.92 Å². The van der Waals surface area contributed by atoms with Gasteiger partial charge >= 0.3 is 0 Å². The Labute approximate surface area is 149 Å². The van der Waals surface area contributed by atoms with E-state index in [9.17, 15) is 9.18 Å². The van der Waals surface area contributed by atoms with E-state index in [4.69, 9.17) is 0 Å². The number of benzene rings is 2. The van der Waals surface area contributed by atoms with E-state index in [1.165, 1.54) is 36.0 Å². The Hall–Kier alpha value is -2.60. The summed E-state index contributed by atoms with van der Waals surface area (Å²) in [6.07, 6.45) is 1.81. The Morgan fingerprint density at radius 2 is 2.04 bits per heavy atom. The number of rotatable bonds is 6. The molecule has 0 saturated heterocycles. The second-order valence-corrected chi connectivity index (χ2v) is 6.85. The highest BCUT2D eigenvalue weighted by Gasteiger charge is 2.19. The number of fused-ring (bicyclic) bond motifs is 1. The zero-order valence-electron chi connectivity index (χ0n) is 13.8. The lowest BCUT2D eigenvalue weighted by atomic mass is 10.3. The second-order valence-electron chi connectivity index (χ2n) is 5.54. The number of halogens is 1. The average molecular weight is 355 g/mol. The number of carbonyl (C=O) groups is 1. The minimum atomic E-state index is -0.356. The van der Waals surface area contributed by atoms with Gasteiger partial charge in [0.05, 0.1) is 16.3 Å². The Morgan fingerprint density at radius 3 is 2.76 bits per heavy atom. The topological polar surface area (TPSA) is 46.9 Å². The molecule has 1 unspecified atom stereocenters. The molecule has 3 rings (SSSR count). The van der Waals surface area contributed by atoms with Gasteiger partial charge in [0.25, 0.3) is 0 Å². The first-order valence-corrected chi connectivity index (χ1v) is 8.75. The molecule has 0 aliphatic rings. The van der Waals surface area contributed by atoms with Gasteiger partial charge in [-0.15, -0.1) is 6.58 Å². The Bertz CT molecular complexity index is 905. The van der Waals surface area contributed by atoms with Crippen LogP contribution in [0.15, 0.2) is 66.3 Å². The van der Waals surface area contributed by atoms with Gasteiger partial charge < -0.3 is 9.88 Å². The molecule has 0 saturated carbocycles. The van der Waals surface area contributed by atoms with Crippen LogP contribution in [0.2, 0.25) is 0 Å². The maximum Gasteiger partial charge on any atom is 0.237 e. The predicted molar refractivity (Wildman–Crippen MR) is 100 cm³/mol. The fraction of sp³-hybridized carbons (Fsp3) is 0.158. The SMILES string of the molecule is C=CCn1c(SC(C)C(=O)Nc2ccc(F)cc2)nc2ccccc21.